The second-order valence-electron chi connectivity index (χ2n) is 5.06. The fraction of sp³-hybridized carbons (Fsp3) is 0.308. The van der Waals surface area contributed by atoms with Gasteiger partial charge in [-0.05, 0) is 6.07 Å². The highest BCUT2D eigenvalue weighted by atomic mass is 16.6. The molecule has 2 aromatic rings. The highest BCUT2D eigenvalue weighted by Crippen LogP contribution is 2.16. The number of nitrogens with zero attached hydrogens (tertiary/aromatic N) is 4. The summed E-state index contributed by atoms with van der Waals surface area (Å²) in [6.45, 7) is 2.40. The Labute approximate surface area is 125 Å². The number of non-ortho nitro benzene ring substituents is 1. The van der Waals surface area contributed by atoms with Crippen molar-refractivity contribution in [3.8, 4) is 5.69 Å². The first-order valence-electron chi connectivity index (χ1n) is 6.79. The van der Waals surface area contributed by atoms with Crippen molar-refractivity contribution < 1.29 is 9.72 Å². The van der Waals surface area contributed by atoms with Crippen LogP contribution in [0.1, 0.15) is 10.5 Å². The Morgan fingerprint density at radius 3 is 3.00 bits per heavy atom. The molecule has 9 nitrogen and oxygen atoms in total. The first-order valence-corrected chi connectivity index (χ1v) is 6.79. The smallest absolute Gasteiger partial charge is 0.273 e. The fourth-order valence-corrected chi connectivity index (χ4v) is 2.06. The molecule has 9 heteroatoms. The quantitative estimate of drug-likeness (QED) is 0.599. The molecule has 1 aliphatic heterocycles. The topological polar surface area (TPSA) is 115 Å². The Hall–Kier alpha value is -2.81. The van der Waals surface area contributed by atoms with Crippen molar-refractivity contribution in [2.24, 2.45) is 5.92 Å². The average Bonchev–Trinajstić information content (AvgIpc) is 2.95. The van der Waals surface area contributed by atoms with Crippen LogP contribution in [0, 0.1) is 16.0 Å². The minimum Gasteiger partial charge on any atom is -0.350 e. The lowest BCUT2D eigenvalue weighted by molar-refractivity contribution is -0.384. The van der Waals surface area contributed by atoms with Gasteiger partial charge in [0.25, 0.3) is 11.6 Å². The van der Waals surface area contributed by atoms with Crippen molar-refractivity contribution in [1.29, 1.82) is 0 Å². The zero-order valence-electron chi connectivity index (χ0n) is 11.6. The SMILES string of the molecule is O=C(NCC1CNC1)c1cn(-c2cccc([N+](=O)[O-])c2)nn1. The van der Waals surface area contributed by atoms with Crippen molar-refractivity contribution >= 4 is 11.6 Å². The molecule has 0 unspecified atom stereocenters. The molecule has 1 fully saturated rings. The normalized spacial score (nSPS) is 14.4. The van der Waals surface area contributed by atoms with Gasteiger partial charge in [0.1, 0.15) is 0 Å². The van der Waals surface area contributed by atoms with E-state index in [-0.39, 0.29) is 17.3 Å². The van der Waals surface area contributed by atoms with Crippen LogP contribution in [0.15, 0.2) is 30.5 Å². The van der Waals surface area contributed by atoms with Crippen LogP contribution in [0.5, 0.6) is 0 Å². The lowest BCUT2D eigenvalue weighted by Gasteiger charge is -2.26. The number of nitro benzene ring substituents is 1. The molecule has 1 amide bonds. The molecule has 1 aromatic carbocycles. The largest absolute Gasteiger partial charge is 0.350 e. The number of nitro groups is 1. The van der Waals surface area contributed by atoms with Crippen molar-refractivity contribution in [3.05, 3.63) is 46.3 Å². The number of nitrogens with one attached hydrogen (secondary N) is 2. The molecule has 1 aliphatic rings. The highest BCUT2D eigenvalue weighted by molar-refractivity contribution is 5.91. The monoisotopic (exact) mass is 302 g/mol. The summed E-state index contributed by atoms with van der Waals surface area (Å²) in [4.78, 5) is 22.2. The molecule has 1 aromatic heterocycles. The maximum absolute atomic E-state index is 12.0. The van der Waals surface area contributed by atoms with Gasteiger partial charge in [-0.3, -0.25) is 14.9 Å². The van der Waals surface area contributed by atoms with E-state index in [1.165, 1.54) is 23.0 Å². The van der Waals surface area contributed by atoms with E-state index in [2.05, 4.69) is 20.9 Å². The summed E-state index contributed by atoms with van der Waals surface area (Å²) in [5, 5.41) is 24.3. The van der Waals surface area contributed by atoms with Gasteiger partial charge in [0.2, 0.25) is 0 Å². The molecule has 3 rings (SSSR count). The lowest BCUT2D eigenvalue weighted by Crippen LogP contribution is -2.48. The summed E-state index contributed by atoms with van der Waals surface area (Å²) in [6, 6.07) is 5.97. The van der Waals surface area contributed by atoms with Crippen LogP contribution in [-0.2, 0) is 0 Å². The number of hydrogen-bond acceptors (Lipinski definition) is 6. The molecule has 0 radical (unpaired) electrons. The third-order valence-corrected chi connectivity index (χ3v) is 3.45. The van der Waals surface area contributed by atoms with Crippen LogP contribution >= 0.6 is 0 Å². The fourth-order valence-electron chi connectivity index (χ4n) is 2.06. The molecule has 0 aliphatic carbocycles. The van der Waals surface area contributed by atoms with E-state index >= 15 is 0 Å². The summed E-state index contributed by atoms with van der Waals surface area (Å²) in [5.74, 6) is 0.152. The predicted molar refractivity (Wildman–Crippen MR) is 76.7 cm³/mol. The molecule has 2 heterocycles. The van der Waals surface area contributed by atoms with Crippen molar-refractivity contribution in [2.45, 2.75) is 0 Å². The van der Waals surface area contributed by atoms with Crippen LogP contribution in [0.3, 0.4) is 0 Å². The van der Waals surface area contributed by atoms with Crippen molar-refractivity contribution in [1.82, 2.24) is 25.6 Å². The maximum atomic E-state index is 12.0. The van der Waals surface area contributed by atoms with Crippen LogP contribution in [0.25, 0.3) is 5.69 Å². The zero-order valence-corrected chi connectivity index (χ0v) is 11.6. The summed E-state index contributed by atoms with van der Waals surface area (Å²) in [7, 11) is 0. The van der Waals surface area contributed by atoms with E-state index in [4.69, 9.17) is 0 Å². The summed E-state index contributed by atoms with van der Waals surface area (Å²) < 4.78 is 1.34. The first-order chi connectivity index (χ1) is 10.6. The van der Waals surface area contributed by atoms with Gasteiger partial charge in [-0.2, -0.15) is 0 Å². The minimum atomic E-state index is -0.485. The number of benzene rings is 1. The average molecular weight is 302 g/mol. The van der Waals surface area contributed by atoms with Crippen molar-refractivity contribution in [2.75, 3.05) is 19.6 Å². The van der Waals surface area contributed by atoms with Gasteiger partial charge in [-0.15, -0.1) is 5.10 Å². The van der Waals surface area contributed by atoms with Gasteiger partial charge in [0, 0.05) is 37.7 Å². The van der Waals surface area contributed by atoms with E-state index in [1.54, 1.807) is 12.1 Å². The molecule has 2 N–H and O–H groups in total. The van der Waals surface area contributed by atoms with Crippen LogP contribution < -0.4 is 10.6 Å². The Bertz CT molecular complexity index is 709. The minimum absolute atomic E-state index is 0.0449. The molecular formula is C13H14N6O3. The first kappa shape index (κ1) is 14.1. The number of amides is 1. The molecule has 0 bridgehead atoms. The number of rotatable bonds is 5. The van der Waals surface area contributed by atoms with E-state index in [9.17, 15) is 14.9 Å². The van der Waals surface area contributed by atoms with E-state index < -0.39 is 4.92 Å². The Balaban J connectivity index is 1.71. The molecule has 1 saturated heterocycles. The van der Waals surface area contributed by atoms with Gasteiger partial charge in [0.15, 0.2) is 5.69 Å². The van der Waals surface area contributed by atoms with E-state index in [0.29, 0.717) is 18.2 Å². The third kappa shape index (κ3) is 2.93. The van der Waals surface area contributed by atoms with Crippen LogP contribution in [0.2, 0.25) is 0 Å². The summed E-state index contributed by atoms with van der Waals surface area (Å²) >= 11 is 0. The van der Waals surface area contributed by atoms with Gasteiger partial charge in [-0.25, -0.2) is 4.68 Å². The molecule has 0 spiro atoms. The third-order valence-electron chi connectivity index (χ3n) is 3.45. The van der Waals surface area contributed by atoms with Gasteiger partial charge in [-0.1, -0.05) is 11.3 Å². The Morgan fingerprint density at radius 1 is 1.50 bits per heavy atom. The lowest BCUT2D eigenvalue weighted by atomic mass is 10.0. The van der Waals surface area contributed by atoms with Gasteiger partial charge < -0.3 is 10.6 Å². The van der Waals surface area contributed by atoms with E-state index in [0.717, 1.165) is 13.1 Å². The summed E-state index contributed by atoms with van der Waals surface area (Å²) in [5.41, 5.74) is 0.610. The molecule has 0 atom stereocenters. The summed E-state index contributed by atoms with van der Waals surface area (Å²) in [6.07, 6.45) is 1.45. The van der Waals surface area contributed by atoms with Crippen LogP contribution in [-0.4, -0.2) is 45.5 Å². The number of carbonyl (C=O) groups excluding carboxylic acids is 1. The molecule has 114 valence electrons. The predicted octanol–water partition coefficient (Wildman–Crippen LogP) is 0.125. The molecular weight excluding hydrogens is 288 g/mol. The maximum Gasteiger partial charge on any atom is 0.273 e. The standard InChI is InChI=1S/C13H14N6O3/c20-13(15-7-9-5-14-6-9)12-8-18(17-16-12)10-2-1-3-11(4-10)19(21)22/h1-4,8-9,14H,5-7H2,(H,15,20). The molecule has 22 heavy (non-hydrogen) atoms. The molecule has 0 saturated carbocycles. The second-order valence-corrected chi connectivity index (χ2v) is 5.06. The van der Waals surface area contributed by atoms with E-state index in [1.807, 2.05) is 0 Å². The number of hydrogen-bond donors (Lipinski definition) is 2. The van der Waals surface area contributed by atoms with Crippen molar-refractivity contribution in [3.63, 3.8) is 0 Å². The number of carbonyl (C=O) groups is 1. The second kappa shape index (κ2) is 5.90. The Morgan fingerprint density at radius 2 is 2.32 bits per heavy atom. The number of aromatic nitrogens is 3. The van der Waals surface area contributed by atoms with Gasteiger partial charge in [0.05, 0.1) is 16.8 Å². The Kier molecular flexibility index (Phi) is 3.79. The van der Waals surface area contributed by atoms with Gasteiger partial charge >= 0.3 is 0 Å². The van der Waals surface area contributed by atoms with Crippen LogP contribution in [0.4, 0.5) is 5.69 Å². The highest BCUT2D eigenvalue weighted by Gasteiger charge is 2.19. The zero-order chi connectivity index (χ0) is 15.5.